The van der Waals surface area contributed by atoms with Crippen molar-refractivity contribution < 1.29 is 14.3 Å². The van der Waals surface area contributed by atoms with Gasteiger partial charge in [0.25, 0.3) is 0 Å². The number of thioether (sulfide) groups is 1. The van der Waals surface area contributed by atoms with Gasteiger partial charge in [0.05, 0.1) is 25.0 Å². The summed E-state index contributed by atoms with van der Waals surface area (Å²) in [4.78, 5) is 10.6. The van der Waals surface area contributed by atoms with Crippen LogP contribution in [0.4, 0.5) is 0 Å². The van der Waals surface area contributed by atoms with Crippen LogP contribution in [-0.2, 0) is 11.3 Å². The van der Waals surface area contributed by atoms with Crippen molar-refractivity contribution in [2.75, 3.05) is 45.6 Å². The lowest BCUT2D eigenvalue weighted by Gasteiger charge is -2.33. The fourth-order valence-electron chi connectivity index (χ4n) is 3.89. The summed E-state index contributed by atoms with van der Waals surface area (Å²) in [5.41, 5.74) is 1.95. The van der Waals surface area contributed by atoms with E-state index in [-0.39, 0.29) is 12.1 Å². The van der Waals surface area contributed by atoms with E-state index in [4.69, 9.17) is 14.1 Å². The molecular weight excluding hydrogens is 362 g/mol. The van der Waals surface area contributed by atoms with Gasteiger partial charge in [-0.1, -0.05) is 0 Å². The molecule has 7 heteroatoms. The monoisotopic (exact) mass is 389 g/mol. The Hall–Kier alpha value is -1.38. The Kier molecular flexibility index (Phi) is 5.85. The van der Waals surface area contributed by atoms with Gasteiger partial charge in [-0.05, 0) is 37.4 Å². The van der Waals surface area contributed by atoms with Gasteiger partial charge in [-0.2, -0.15) is 0 Å². The van der Waals surface area contributed by atoms with Crippen LogP contribution in [0.2, 0.25) is 0 Å². The zero-order valence-electron chi connectivity index (χ0n) is 15.9. The topological polar surface area (TPSA) is 62.0 Å². The summed E-state index contributed by atoms with van der Waals surface area (Å²) in [5.74, 6) is 1.52. The first-order chi connectivity index (χ1) is 13.1. The number of nitrogens with zero attached hydrogens (tertiary/aromatic N) is 3. The number of aryl methyl sites for hydroxylation is 1. The number of morpholine rings is 1. The highest BCUT2D eigenvalue weighted by Gasteiger charge is 2.36. The van der Waals surface area contributed by atoms with E-state index in [1.165, 1.54) is 4.90 Å². The molecule has 27 heavy (non-hydrogen) atoms. The third kappa shape index (κ3) is 4.22. The van der Waals surface area contributed by atoms with E-state index in [1.54, 1.807) is 11.8 Å². The van der Waals surface area contributed by atoms with Crippen molar-refractivity contribution >= 4 is 11.8 Å². The summed E-state index contributed by atoms with van der Waals surface area (Å²) in [6.07, 6.45) is 1.74. The highest BCUT2D eigenvalue weighted by atomic mass is 32.2. The van der Waals surface area contributed by atoms with Crippen LogP contribution in [0.1, 0.15) is 11.5 Å². The van der Waals surface area contributed by atoms with E-state index in [0.29, 0.717) is 19.0 Å². The number of aromatic nitrogens is 1. The number of aliphatic hydroxyl groups excluding tert-OH is 1. The first-order valence-electron chi connectivity index (χ1n) is 9.47. The minimum Gasteiger partial charge on any atom is -0.441 e. The van der Waals surface area contributed by atoms with Crippen molar-refractivity contribution in [2.24, 2.45) is 0 Å². The predicted molar refractivity (Wildman–Crippen MR) is 106 cm³/mol. The fourth-order valence-corrected chi connectivity index (χ4v) is 4.30. The Morgan fingerprint density at radius 3 is 2.63 bits per heavy atom. The highest BCUT2D eigenvalue weighted by Crippen LogP contribution is 2.26. The number of rotatable bonds is 5. The van der Waals surface area contributed by atoms with E-state index in [9.17, 15) is 5.11 Å². The van der Waals surface area contributed by atoms with E-state index in [0.717, 1.165) is 49.9 Å². The van der Waals surface area contributed by atoms with Crippen LogP contribution in [0.15, 0.2) is 33.6 Å². The second kappa shape index (κ2) is 8.32. The SMILES string of the molecule is CSc1ccc(-c2nc(CN3C[C@H](O)[C@@H](N4CCOCC4)C3)c(C)o2)cc1. The lowest BCUT2D eigenvalue weighted by atomic mass is 10.1. The molecule has 0 radical (unpaired) electrons. The largest absolute Gasteiger partial charge is 0.441 e. The summed E-state index contributed by atoms with van der Waals surface area (Å²) < 4.78 is 11.4. The van der Waals surface area contributed by atoms with Gasteiger partial charge in [-0.3, -0.25) is 9.80 Å². The van der Waals surface area contributed by atoms with Crippen LogP contribution in [0.5, 0.6) is 0 Å². The molecular formula is C20H27N3O3S. The van der Waals surface area contributed by atoms with Crippen LogP contribution < -0.4 is 0 Å². The van der Waals surface area contributed by atoms with Crippen molar-refractivity contribution in [3.63, 3.8) is 0 Å². The molecule has 6 nitrogen and oxygen atoms in total. The molecule has 2 fully saturated rings. The number of β-amino-alcohol motifs (C(OH)–C–C–N with tert-alkyl or cyclic N) is 1. The number of oxazole rings is 1. The first kappa shape index (κ1) is 19.0. The summed E-state index contributed by atoms with van der Waals surface area (Å²) >= 11 is 1.72. The molecule has 0 amide bonds. The van der Waals surface area contributed by atoms with Crippen LogP contribution >= 0.6 is 11.8 Å². The summed E-state index contributed by atoms with van der Waals surface area (Å²) in [7, 11) is 0. The van der Waals surface area contributed by atoms with Crippen molar-refractivity contribution in [1.82, 2.24) is 14.8 Å². The van der Waals surface area contributed by atoms with Gasteiger partial charge in [0.15, 0.2) is 0 Å². The first-order valence-corrected chi connectivity index (χ1v) is 10.7. The number of aliphatic hydroxyl groups is 1. The van der Waals surface area contributed by atoms with Crippen LogP contribution in [0.25, 0.3) is 11.5 Å². The number of hydrogen-bond acceptors (Lipinski definition) is 7. The number of benzene rings is 1. The van der Waals surface area contributed by atoms with E-state index in [2.05, 4.69) is 40.3 Å². The fraction of sp³-hybridized carbons (Fsp3) is 0.550. The van der Waals surface area contributed by atoms with Crippen LogP contribution in [-0.4, -0.2) is 77.7 Å². The highest BCUT2D eigenvalue weighted by molar-refractivity contribution is 7.98. The number of likely N-dealkylation sites (tertiary alicyclic amines) is 1. The molecule has 2 aliphatic heterocycles. The lowest BCUT2D eigenvalue weighted by Crippen LogP contribution is -2.48. The predicted octanol–water partition coefficient (Wildman–Crippen LogP) is 2.25. The van der Waals surface area contributed by atoms with Gasteiger partial charge < -0.3 is 14.3 Å². The summed E-state index contributed by atoms with van der Waals surface area (Å²) in [6, 6.07) is 8.45. The molecule has 2 atom stereocenters. The zero-order valence-corrected chi connectivity index (χ0v) is 16.7. The van der Waals surface area contributed by atoms with Crippen molar-refractivity contribution in [1.29, 1.82) is 0 Å². The van der Waals surface area contributed by atoms with Gasteiger partial charge >= 0.3 is 0 Å². The molecule has 2 saturated heterocycles. The second-order valence-corrected chi connectivity index (χ2v) is 8.11. The molecule has 1 N–H and O–H groups in total. The third-order valence-corrected chi connectivity index (χ3v) is 6.20. The molecule has 146 valence electrons. The maximum absolute atomic E-state index is 10.5. The molecule has 1 aromatic heterocycles. The second-order valence-electron chi connectivity index (χ2n) is 7.23. The molecule has 2 aromatic rings. The third-order valence-electron chi connectivity index (χ3n) is 5.45. The molecule has 0 bridgehead atoms. The Morgan fingerprint density at radius 2 is 1.93 bits per heavy atom. The van der Waals surface area contributed by atoms with Crippen LogP contribution in [0, 0.1) is 6.92 Å². The molecule has 0 unspecified atom stereocenters. The minimum atomic E-state index is -0.325. The maximum Gasteiger partial charge on any atom is 0.226 e. The molecule has 1 aromatic carbocycles. The molecule has 3 heterocycles. The summed E-state index contributed by atoms with van der Waals surface area (Å²) in [6.45, 7) is 7.50. The average Bonchev–Trinajstić information content (AvgIpc) is 3.25. The Morgan fingerprint density at radius 1 is 1.19 bits per heavy atom. The zero-order chi connectivity index (χ0) is 18.8. The van der Waals surface area contributed by atoms with Crippen molar-refractivity contribution in [2.45, 2.75) is 30.5 Å². The van der Waals surface area contributed by atoms with E-state index < -0.39 is 0 Å². The smallest absolute Gasteiger partial charge is 0.226 e. The molecule has 0 saturated carbocycles. The normalized spacial score (nSPS) is 24.6. The molecule has 0 aliphatic carbocycles. The van der Waals surface area contributed by atoms with Gasteiger partial charge in [0, 0.05) is 49.2 Å². The molecule has 4 rings (SSSR count). The van der Waals surface area contributed by atoms with Crippen molar-refractivity contribution in [3.8, 4) is 11.5 Å². The van der Waals surface area contributed by atoms with Gasteiger partial charge in [-0.25, -0.2) is 4.98 Å². The van der Waals surface area contributed by atoms with Gasteiger partial charge in [0.1, 0.15) is 5.76 Å². The van der Waals surface area contributed by atoms with E-state index >= 15 is 0 Å². The van der Waals surface area contributed by atoms with Gasteiger partial charge in [0.2, 0.25) is 5.89 Å². The number of hydrogen-bond donors (Lipinski definition) is 1. The van der Waals surface area contributed by atoms with Crippen LogP contribution in [0.3, 0.4) is 0 Å². The minimum absolute atomic E-state index is 0.180. The van der Waals surface area contributed by atoms with E-state index in [1.807, 2.05) is 6.92 Å². The Labute approximate surface area is 164 Å². The maximum atomic E-state index is 10.5. The summed E-state index contributed by atoms with van der Waals surface area (Å²) in [5, 5.41) is 10.5. The van der Waals surface area contributed by atoms with Crippen molar-refractivity contribution in [3.05, 3.63) is 35.7 Å². The number of ether oxygens (including phenoxy) is 1. The quantitative estimate of drug-likeness (QED) is 0.787. The van der Waals surface area contributed by atoms with Gasteiger partial charge in [-0.15, -0.1) is 11.8 Å². The average molecular weight is 390 g/mol. The Balaban J connectivity index is 1.43. The standard InChI is InChI=1S/C20H27N3O3S/c1-14-17(21-20(26-14)15-3-5-16(27-2)6-4-15)11-22-12-18(19(24)13-22)23-7-9-25-10-8-23/h3-6,18-19,24H,7-13H2,1-2H3/t18-,19-/m0/s1. The Bertz CT molecular complexity index is 758. The molecule has 0 spiro atoms. The lowest BCUT2D eigenvalue weighted by molar-refractivity contribution is -0.00618. The molecule has 2 aliphatic rings.